The Balaban J connectivity index is 1.99. The van der Waals surface area contributed by atoms with E-state index in [9.17, 15) is 13.5 Å². The molecule has 1 N–H and O–H groups in total. The number of sulfonamides is 1. The summed E-state index contributed by atoms with van der Waals surface area (Å²) in [6.07, 6.45) is 2.13. The van der Waals surface area contributed by atoms with Crippen molar-refractivity contribution in [1.29, 1.82) is 0 Å². The van der Waals surface area contributed by atoms with Crippen LogP contribution in [0.25, 0.3) is 0 Å². The maximum absolute atomic E-state index is 12.2. The minimum absolute atomic E-state index is 0.0788. The molecule has 18 heavy (non-hydrogen) atoms. The van der Waals surface area contributed by atoms with Crippen LogP contribution in [0.1, 0.15) is 18.4 Å². The largest absolute Gasteiger partial charge is 0.395 e. The predicted molar refractivity (Wildman–Crippen MR) is 70.7 cm³/mol. The van der Waals surface area contributed by atoms with Gasteiger partial charge in [0.05, 0.1) is 12.4 Å². The van der Waals surface area contributed by atoms with Gasteiger partial charge in [-0.3, -0.25) is 0 Å². The SMILES string of the molecule is O=S(=O)(CCc1ccccc1)N1CCC[C@H]1CO. The molecule has 0 aromatic heterocycles. The maximum atomic E-state index is 12.2. The lowest BCUT2D eigenvalue weighted by Gasteiger charge is -2.22. The van der Waals surface area contributed by atoms with Crippen molar-refractivity contribution in [2.45, 2.75) is 25.3 Å². The second kappa shape index (κ2) is 5.82. The first-order valence-corrected chi connectivity index (χ1v) is 7.89. The lowest BCUT2D eigenvalue weighted by atomic mass is 10.2. The van der Waals surface area contributed by atoms with E-state index >= 15 is 0 Å². The summed E-state index contributed by atoms with van der Waals surface area (Å²) in [5.41, 5.74) is 1.03. The van der Waals surface area contributed by atoms with Gasteiger partial charge < -0.3 is 5.11 Å². The van der Waals surface area contributed by atoms with Gasteiger partial charge in [-0.05, 0) is 24.8 Å². The lowest BCUT2D eigenvalue weighted by Crippen LogP contribution is -2.39. The average Bonchev–Trinajstić information content (AvgIpc) is 2.87. The van der Waals surface area contributed by atoms with Gasteiger partial charge in [0.25, 0.3) is 0 Å². The fourth-order valence-electron chi connectivity index (χ4n) is 2.37. The number of aliphatic hydroxyl groups excluding tert-OH is 1. The van der Waals surface area contributed by atoms with E-state index in [1.54, 1.807) is 0 Å². The molecule has 2 rings (SSSR count). The van der Waals surface area contributed by atoms with E-state index < -0.39 is 10.0 Å². The molecule has 1 aromatic carbocycles. The van der Waals surface area contributed by atoms with Crippen molar-refractivity contribution >= 4 is 10.0 Å². The highest BCUT2D eigenvalue weighted by atomic mass is 32.2. The smallest absolute Gasteiger partial charge is 0.214 e. The van der Waals surface area contributed by atoms with Gasteiger partial charge in [0.15, 0.2) is 0 Å². The molecule has 1 heterocycles. The van der Waals surface area contributed by atoms with Crippen molar-refractivity contribution in [1.82, 2.24) is 4.31 Å². The lowest BCUT2D eigenvalue weighted by molar-refractivity contribution is 0.213. The molecule has 5 heteroatoms. The molecule has 1 fully saturated rings. The number of hydrogen-bond acceptors (Lipinski definition) is 3. The van der Waals surface area contributed by atoms with Crippen LogP contribution in [0.5, 0.6) is 0 Å². The zero-order valence-electron chi connectivity index (χ0n) is 10.3. The van der Waals surface area contributed by atoms with Crippen molar-refractivity contribution in [3.8, 4) is 0 Å². The second-order valence-electron chi connectivity index (χ2n) is 4.64. The zero-order chi connectivity index (χ0) is 13.0. The Morgan fingerprint density at radius 2 is 2.00 bits per heavy atom. The second-order valence-corrected chi connectivity index (χ2v) is 6.68. The van der Waals surface area contributed by atoms with Crippen LogP contribution in [0.3, 0.4) is 0 Å². The van der Waals surface area contributed by atoms with E-state index in [2.05, 4.69) is 0 Å². The van der Waals surface area contributed by atoms with Crippen molar-refractivity contribution in [3.63, 3.8) is 0 Å². The van der Waals surface area contributed by atoms with E-state index in [-0.39, 0.29) is 18.4 Å². The summed E-state index contributed by atoms with van der Waals surface area (Å²) >= 11 is 0. The van der Waals surface area contributed by atoms with Crippen LogP contribution in [-0.4, -0.2) is 42.8 Å². The molecule has 1 atom stereocenters. The summed E-state index contributed by atoms with van der Waals surface area (Å²) in [5.74, 6) is 0.119. The molecule has 1 aliphatic heterocycles. The fraction of sp³-hybridized carbons (Fsp3) is 0.538. The predicted octanol–water partition coefficient (Wildman–Crippen LogP) is 1.02. The Morgan fingerprint density at radius 3 is 2.67 bits per heavy atom. The third kappa shape index (κ3) is 3.10. The van der Waals surface area contributed by atoms with E-state index in [0.717, 1.165) is 18.4 Å². The van der Waals surface area contributed by atoms with Crippen LogP contribution in [-0.2, 0) is 16.4 Å². The molecule has 0 aliphatic carbocycles. The molecule has 100 valence electrons. The standard InChI is InChI=1S/C13H19NO3S/c15-11-13-7-4-9-14(13)18(16,17)10-8-12-5-2-1-3-6-12/h1-3,5-6,13,15H,4,7-11H2/t13-/m0/s1. The van der Waals surface area contributed by atoms with Gasteiger partial charge in [-0.25, -0.2) is 8.42 Å². The molecule has 0 spiro atoms. The van der Waals surface area contributed by atoms with Crippen LogP contribution in [0.15, 0.2) is 30.3 Å². The van der Waals surface area contributed by atoms with E-state index in [1.807, 2.05) is 30.3 Å². The van der Waals surface area contributed by atoms with Crippen molar-refractivity contribution in [2.24, 2.45) is 0 Å². The zero-order valence-corrected chi connectivity index (χ0v) is 11.1. The first-order valence-electron chi connectivity index (χ1n) is 6.28. The van der Waals surface area contributed by atoms with Crippen LogP contribution in [0, 0.1) is 0 Å². The summed E-state index contributed by atoms with van der Waals surface area (Å²) in [5, 5.41) is 9.18. The van der Waals surface area contributed by atoms with Crippen molar-refractivity contribution in [3.05, 3.63) is 35.9 Å². The summed E-state index contributed by atoms with van der Waals surface area (Å²) < 4.78 is 25.8. The topological polar surface area (TPSA) is 57.6 Å². The first kappa shape index (κ1) is 13.5. The van der Waals surface area contributed by atoms with E-state index in [4.69, 9.17) is 0 Å². The first-order chi connectivity index (χ1) is 8.63. The quantitative estimate of drug-likeness (QED) is 0.868. The molecule has 4 nitrogen and oxygen atoms in total. The van der Waals surface area contributed by atoms with Crippen LogP contribution < -0.4 is 0 Å². The van der Waals surface area contributed by atoms with Gasteiger partial charge in [0.2, 0.25) is 10.0 Å². The Labute approximate surface area is 108 Å². The Morgan fingerprint density at radius 1 is 1.28 bits per heavy atom. The Hall–Kier alpha value is -0.910. The highest BCUT2D eigenvalue weighted by Gasteiger charge is 2.33. The minimum atomic E-state index is -3.25. The normalized spacial score (nSPS) is 21.3. The molecule has 0 saturated carbocycles. The number of aryl methyl sites for hydroxylation is 1. The fourth-order valence-corrected chi connectivity index (χ4v) is 4.13. The van der Waals surface area contributed by atoms with Crippen molar-refractivity contribution < 1.29 is 13.5 Å². The third-order valence-electron chi connectivity index (χ3n) is 3.38. The molecular formula is C13H19NO3S. The monoisotopic (exact) mass is 269 g/mol. The van der Waals surface area contributed by atoms with Gasteiger partial charge in [-0.2, -0.15) is 4.31 Å². The van der Waals surface area contributed by atoms with E-state index in [0.29, 0.717) is 13.0 Å². The van der Waals surface area contributed by atoms with Gasteiger partial charge in [-0.15, -0.1) is 0 Å². The summed E-state index contributed by atoms with van der Waals surface area (Å²) in [4.78, 5) is 0. The van der Waals surface area contributed by atoms with Gasteiger partial charge in [0.1, 0.15) is 0 Å². The molecule has 0 radical (unpaired) electrons. The number of nitrogens with zero attached hydrogens (tertiary/aromatic N) is 1. The summed E-state index contributed by atoms with van der Waals surface area (Å²) in [7, 11) is -3.25. The molecule has 1 saturated heterocycles. The van der Waals surface area contributed by atoms with Crippen molar-refractivity contribution in [2.75, 3.05) is 18.9 Å². The molecular weight excluding hydrogens is 250 g/mol. The van der Waals surface area contributed by atoms with Gasteiger partial charge in [0, 0.05) is 12.6 Å². The van der Waals surface area contributed by atoms with Crippen LogP contribution in [0.2, 0.25) is 0 Å². The Bertz CT molecular complexity index is 472. The van der Waals surface area contributed by atoms with E-state index in [1.165, 1.54) is 4.31 Å². The number of benzene rings is 1. The van der Waals surface area contributed by atoms with Crippen LogP contribution >= 0.6 is 0 Å². The number of hydrogen-bond donors (Lipinski definition) is 1. The Kier molecular flexibility index (Phi) is 4.37. The molecule has 0 bridgehead atoms. The highest BCUT2D eigenvalue weighted by molar-refractivity contribution is 7.89. The minimum Gasteiger partial charge on any atom is -0.395 e. The molecule has 1 aliphatic rings. The molecule has 0 unspecified atom stereocenters. The van der Waals surface area contributed by atoms with Gasteiger partial charge in [-0.1, -0.05) is 30.3 Å². The molecule has 1 aromatic rings. The number of aliphatic hydroxyl groups is 1. The van der Waals surface area contributed by atoms with Gasteiger partial charge >= 0.3 is 0 Å². The highest BCUT2D eigenvalue weighted by Crippen LogP contribution is 2.21. The molecule has 0 amide bonds. The maximum Gasteiger partial charge on any atom is 0.214 e. The summed E-state index contributed by atoms with van der Waals surface area (Å²) in [6.45, 7) is 0.465. The third-order valence-corrected chi connectivity index (χ3v) is 5.30. The number of rotatable bonds is 5. The summed E-state index contributed by atoms with van der Waals surface area (Å²) in [6, 6.07) is 9.39. The van der Waals surface area contributed by atoms with Crippen LogP contribution in [0.4, 0.5) is 0 Å². The average molecular weight is 269 g/mol.